The molecular formula is C15H21FN2O2. The smallest absolute Gasteiger partial charge is 0.335 e. The largest absolute Gasteiger partial charge is 0.478 e. The summed E-state index contributed by atoms with van der Waals surface area (Å²) in [7, 11) is 2.11. The van der Waals surface area contributed by atoms with E-state index in [0.29, 0.717) is 24.2 Å². The molecule has 0 amide bonds. The number of halogens is 1. The van der Waals surface area contributed by atoms with Crippen molar-refractivity contribution >= 4 is 5.97 Å². The number of benzene rings is 1. The molecule has 0 bridgehead atoms. The first kappa shape index (κ1) is 14.9. The second-order valence-corrected chi connectivity index (χ2v) is 5.49. The van der Waals surface area contributed by atoms with Gasteiger partial charge in [-0.15, -0.1) is 0 Å². The number of carboxylic acids is 1. The van der Waals surface area contributed by atoms with E-state index >= 15 is 0 Å². The molecular weight excluding hydrogens is 259 g/mol. The van der Waals surface area contributed by atoms with E-state index in [2.05, 4.69) is 24.2 Å². The SMILES string of the molecule is CC(CNCc1cc(C(=O)O)ccc1F)N(C)C1CC1. The molecule has 1 aromatic carbocycles. The van der Waals surface area contributed by atoms with Crippen LogP contribution in [0.4, 0.5) is 4.39 Å². The molecule has 0 radical (unpaired) electrons. The van der Waals surface area contributed by atoms with Crippen molar-refractivity contribution in [2.24, 2.45) is 0 Å². The van der Waals surface area contributed by atoms with Gasteiger partial charge >= 0.3 is 5.97 Å². The Bertz CT molecular complexity index is 489. The molecule has 0 spiro atoms. The molecule has 1 fully saturated rings. The van der Waals surface area contributed by atoms with E-state index < -0.39 is 5.97 Å². The highest BCUT2D eigenvalue weighted by Crippen LogP contribution is 2.26. The van der Waals surface area contributed by atoms with Gasteiger partial charge < -0.3 is 10.4 Å². The van der Waals surface area contributed by atoms with Crippen molar-refractivity contribution in [1.29, 1.82) is 0 Å². The predicted molar refractivity (Wildman–Crippen MR) is 75.3 cm³/mol. The second kappa shape index (κ2) is 6.33. The van der Waals surface area contributed by atoms with Gasteiger partial charge in [0.05, 0.1) is 5.56 Å². The topological polar surface area (TPSA) is 52.6 Å². The van der Waals surface area contributed by atoms with Crippen molar-refractivity contribution in [3.05, 3.63) is 35.1 Å². The van der Waals surface area contributed by atoms with Crippen LogP contribution in [-0.2, 0) is 6.54 Å². The molecule has 2 rings (SSSR count). The van der Waals surface area contributed by atoms with E-state index in [4.69, 9.17) is 5.11 Å². The molecule has 1 aromatic rings. The number of hydrogen-bond acceptors (Lipinski definition) is 3. The van der Waals surface area contributed by atoms with E-state index in [9.17, 15) is 9.18 Å². The Morgan fingerprint density at radius 1 is 1.55 bits per heavy atom. The number of likely N-dealkylation sites (N-methyl/N-ethyl adjacent to an activating group) is 1. The van der Waals surface area contributed by atoms with Gasteiger partial charge in [0.2, 0.25) is 0 Å². The fraction of sp³-hybridized carbons (Fsp3) is 0.533. The lowest BCUT2D eigenvalue weighted by Crippen LogP contribution is -2.39. The van der Waals surface area contributed by atoms with Crippen molar-refractivity contribution in [1.82, 2.24) is 10.2 Å². The maximum Gasteiger partial charge on any atom is 0.335 e. The van der Waals surface area contributed by atoms with Crippen LogP contribution in [0.15, 0.2) is 18.2 Å². The molecule has 1 aliphatic carbocycles. The molecule has 0 saturated heterocycles. The average Bonchev–Trinajstić information content (AvgIpc) is 3.24. The minimum atomic E-state index is -1.03. The van der Waals surface area contributed by atoms with Crippen molar-refractivity contribution < 1.29 is 14.3 Å². The van der Waals surface area contributed by atoms with Gasteiger partial charge in [-0.1, -0.05) is 0 Å². The number of aromatic carboxylic acids is 1. The third kappa shape index (κ3) is 3.77. The monoisotopic (exact) mass is 280 g/mol. The van der Waals surface area contributed by atoms with Gasteiger partial charge in [-0.2, -0.15) is 0 Å². The molecule has 20 heavy (non-hydrogen) atoms. The standard InChI is InChI=1S/C15H21FN2O2/c1-10(18(2)13-4-5-13)8-17-9-12-7-11(15(19)20)3-6-14(12)16/h3,6-7,10,13,17H,4-5,8-9H2,1-2H3,(H,19,20). The van der Waals surface area contributed by atoms with E-state index in [-0.39, 0.29) is 11.4 Å². The number of nitrogens with zero attached hydrogens (tertiary/aromatic N) is 1. The number of carboxylic acid groups (broad SMARTS) is 1. The number of rotatable bonds is 7. The second-order valence-electron chi connectivity index (χ2n) is 5.49. The lowest BCUT2D eigenvalue weighted by Gasteiger charge is -2.24. The maximum atomic E-state index is 13.6. The zero-order valence-electron chi connectivity index (χ0n) is 11.9. The van der Waals surface area contributed by atoms with Crippen molar-refractivity contribution in [2.45, 2.75) is 38.4 Å². The molecule has 0 heterocycles. The van der Waals surface area contributed by atoms with E-state index in [1.807, 2.05) is 0 Å². The van der Waals surface area contributed by atoms with E-state index in [1.54, 1.807) is 0 Å². The Morgan fingerprint density at radius 2 is 2.25 bits per heavy atom. The summed E-state index contributed by atoms with van der Waals surface area (Å²) in [5.74, 6) is -1.40. The Balaban J connectivity index is 1.86. The summed E-state index contributed by atoms with van der Waals surface area (Å²) in [4.78, 5) is 13.2. The Labute approximate surface area is 118 Å². The lowest BCUT2D eigenvalue weighted by atomic mass is 10.1. The molecule has 5 heteroatoms. The summed E-state index contributed by atoms with van der Waals surface area (Å²) in [5.41, 5.74) is 0.512. The molecule has 0 aromatic heterocycles. The third-order valence-corrected chi connectivity index (χ3v) is 3.87. The van der Waals surface area contributed by atoms with Crippen LogP contribution in [0, 0.1) is 5.82 Å². The number of nitrogens with one attached hydrogen (secondary N) is 1. The predicted octanol–water partition coefficient (Wildman–Crippen LogP) is 2.10. The fourth-order valence-electron chi connectivity index (χ4n) is 2.24. The van der Waals surface area contributed by atoms with Crippen LogP contribution in [-0.4, -0.2) is 41.7 Å². The minimum absolute atomic E-state index is 0.117. The van der Waals surface area contributed by atoms with Crippen molar-refractivity contribution in [3.8, 4) is 0 Å². The summed E-state index contributed by atoms with van der Waals surface area (Å²) in [6.07, 6.45) is 2.52. The van der Waals surface area contributed by atoms with Gasteiger partial charge in [-0.05, 0) is 45.0 Å². The molecule has 1 saturated carbocycles. The minimum Gasteiger partial charge on any atom is -0.478 e. The third-order valence-electron chi connectivity index (χ3n) is 3.87. The number of hydrogen-bond donors (Lipinski definition) is 2. The summed E-state index contributed by atoms with van der Waals surface area (Å²) in [5, 5.41) is 12.1. The molecule has 2 N–H and O–H groups in total. The zero-order valence-corrected chi connectivity index (χ0v) is 11.9. The van der Waals surface area contributed by atoms with Crippen molar-refractivity contribution in [3.63, 3.8) is 0 Å². The number of carbonyl (C=O) groups is 1. The molecule has 4 nitrogen and oxygen atoms in total. The summed E-state index contributed by atoms with van der Waals surface area (Å²) < 4.78 is 13.6. The van der Waals surface area contributed by atoms with Crippen LogP contribution < -0.4 is 5.32 Å². The zero-order chi connectivity index (χ0) is 14.7. The summed E-state index contributed by atoms with van der Waals surface area (Å²) >= 11 is 0. The van der Waals surface area contributed by atoms with E-state index in [1.165, 1.54) is 31.0 Å². The van der Waals surface area contributed by atoms with Crippen LogP contribution in [0.3, 0.4) is 0 Å². The average molecular weight is 280 g/mol. The molecule has 1 aliphatic rings. The van der Waals surface area contributed by atoms with Crippen LogP contribution in [0.5, 0.6) is 0 Å². The summed E-state index contributed by atoms with van der Waals surface area (Å²) in [6.45, 7) is 3.23. The molecule has 1 atom stereocenters. The van der Waals surface area contributed by atoms with Gasteiger partial charge in [0.25, 0.3) is 0 Å². The molecule has 110 valence electrons. The highest BCUT2D eigenvalue weighted by Gasteiger charge is 2.28. The van der Waals surface area contributed by atoms with Crippen LogP contribution >= 0.6 is 0 Å². The maximum absolute atomic E-state index is 13.6. The van der Waals surface area contributed by atoms with Crippen LogP contribution in [0.2, 0.25) is 0 Å². The first-order valence-corrected chi connectivity index (χ1v) is 6.93. The highest BCUT2D eigenvalue weighted by atomic mass is 19.1. The van der Waals surface area contributed by atoms with Gasteiger partial charge in [0, 0.05) is 30.7 Å². The Morgan fingerprint density at radius 3 is 2.85 bits per heavy atom. The van der Waals surface area contributed by atoms with Gasteiger partial charge in [0.15, 0.2) is 0 Å². The van der Waals surface area contributed by atoms with Gasteiger partial charge in [-0.25, -0.2) is 9.18 Å². The summed E-state index contributed by atoms with van der Waals surface area (Å²) in [6, 6.07) is 4.96. The Kier molecular flexibility index (Phi) is 4.73. The Hall–Kier alpha value is -1.46. The van der Waals surface area contributed by atoms with Crippen LogP contribution in [0.1, 0.15) is 35.7 Å². The normalized spacial score (nSPS) is 16.4. The van der Waals surface area contributed by atoms with Gasteiger partial charge in [0.1, 0.15) is 5.82 Å². The van der Waals surface area contributed by atoms with E-state index in [0.717, 1.165) is 6.54 Å². The first-order chi connectivity index (χ1) is 9.49. The quantitative estimate of drug-likeness (QED) is 0.803. The molecule has 1 unspecified atom stereocenters. The lowest BCUT2D eigenvalue weighted by molar-refractivity contribution is 0.0696. The first-order valence-electron chi connectivity index (χ1n) is 6.93. The van der Waals surface area contributed by atoms with Crippen LogP contribution in [0.25, 0.3) is 0 Å². The van der Waals surface area contributed by atoms with Gasteiger partial charge in [-0.3, -0.25) is 4.90 Å². The highest BCUT2D eigenvalue weighted by molar-refractivity contribution is 5.87. The molecule has 0 aliphatic heterocycles. The fourth-order valence-corrected chi connectivity index (χ4v) is 2.24. The van der Waals surface area contributed by atoms with Crippen molar-refractivity contribution in [2.75, 3.05) is 13.6 Å².